The molecule has 0 aliphatic heterocycles. The van der Waals surface area contributed by atoms with Gasteiger partial charge in [-0.05, 0) is 68.3 Å². The molecule has 0 atom stereocenters. The number of nitrogens with one attached hydrogen (secondary N) is 2. The summed E-state index contributed by atoms with van der Waals surface area (Å²) in [6.45, 7) is 6.10. The van der Waals surface area contributed by atoms with Gasteiger partial charge in [0.25, 0.3) is 0 Å². The monoisotopic (exact) mass is 746 g/mol. The van der Waals surface area contributed by atoms with Gasteiger partial charge in [-0.2, -0.15) is 6.07 Å². The maximum Gasteiger partial charge on any atom is 0.339 e. The molecule has 0 unspecified atom stereocenters. The van der Waals surface area contributed by atoms with Crippen LogP contribution >= 0.6 is 0 Å². The van der Waals surface area contributed by atoms with E-state index >= 15 is 0 Å². The summed E-state index contributed by atoms with van der Waals surface area (Å²) in [6.07, 6.45) is 10.0. The van der Waals surface area contributed by atoms with Crippen LogP contribution in [0.5, 0.6) is 11.5 Å². The van der Waals surface area contributed by atoms with E-state index in [1.54, 1.807) is 36.9 Å². The summed E-state index contributed by atoms with van der Waals surface area (Å²) >= 11 is 0. The van der Waals surface area contributed by atoms with Gasteiger partial charge in [0.2, 0.25) is 0 Å². The molecular formula is C38H37N6O5Y-. The van der Waals surface area contributed by atoms with Crippen molar-refractivity contribution < 1.29 is 56.9 Å². The molecule has 12 heteroatoms. The molecule has 0 fully saturated rings. The molecule has 11 nitrogen and oxygen atoms in total. The molecule has 0 bridgehead atoms. The van der Waals surface area contributed by atoms with Crippen molar-refractivity contribution in [1.29, 1.82) is 0 Å². The van der Waals surface area contributed by atoms with Gasteiger partial charge in [-0.3, -0.25) is 9.97 Å². The number of ether oxygens (including phenoxy) is 2. The molecule has 6 aromatic rings. The average Bonchev–Trinajstić information content (AvgIpc) is 3.13. The third-order valence-corrected chi connectivity index (χ3v) is 7.43. The molecule has 253 valence electrons. The second-order valence-electron chi connectivity index (χ2n) is 10.8. The molecule has 6 rings (SSSR count). The Balaban J connectivity index is 0.000000220. The predicted octanol–water partition coefficient (Wildman–Crippen LogP) is 6.52. The number of hydrogen-bond donors (Lipinski definition) is 3. The van der Waals surface area contributed by atoms with Crippen LogP contribution in [0.15, 0.2) is 97.6 Å². The van der Waals surface area contributed by atoms with Gasteiger partial charge in [-0.15, -0.1) is 5.56 Å². The molecule has 0 saturated carbocycles. The smallest absolute Gasteiger partial charge is 0.339 e. The van der Waals surface area contributed by atoms with Crippen LogP contribution in [0, 0.1) is 0 Å². The third-order valence-electron chi connectivity index (χ3n) is 7.43. The Morgan fingerprint density at radius 3 is 1.74 bits per heavy atom. The van der Waals surface area contributed by atoms with Crippen molar-refractivity contribution in [3.63, 3.8) is 0 Å². The molecule has 0 aliphatic rings. The third kappa shape index (κ3) is 10.0. The number of fused-ring (bicyclic) bond motifs is 2. The molecular weight excluding hydrogens is 709 g/mol. The molecule has 0 amide bonds. The maximum atomic E-state index is 11.4. The number of aromatic carboxylic acids is 1. The fourth-order valence-electron chi connectivity index (χ4n) is 5.10. The molecule has 4 heterocycles. The normalized spacial score (nSPS) is 10.4. The zero-order valence-corrected chi connectivity index (χ0v) is 30.8. The van der Waals surface area contributed by atoms with Gasteiger partial charge in [0, 0.05) is 93.6 Å². The van der Waals surface area contributed by atoms with Crippen molar-refractivity contribution in [2.45, 2.75) is 26.7 Å². The van der Waals surface area contributed by atoms with Crippen molar-refractivity contribution in [2.75, 3.05) is 36.9 Å². The van der Waals surface area contributed by atoms with Crippen LogP contribution in [-0.4, -0.2) is 63.6 Å². The van der Waals surface area contributed by atoms with Crippen LogP contribution in [-0.2, 0) is 50.3 Å². The first kappa shape index (κ1) is 37.8. The molecule has 1 radical (unpaired) electrons. The van der Waals surface area contributed by atoms with Gasteiger partial charge in [-0.25, -0.2) is 9.78 Å². The number of carboxylic acids is 1. The van der Waals surface area contributed by atoms with Crippen molar-refractivity contribution in [3.05, 3.63) is 120 Å². The number of carbonyl (C=O) groups is 1. The van der Waals surface area contributed by atoms with Crippen LogP contribution in [0.1, 0.15) is 40.9 Å². The Bertz CT molecular complexity index is 2030. The van der Waals surface area contributed by atoms with Crippen LogP contribution in [0.3, 0.4) is 0 Å². The first-order valence-electron chi connectivity index (χ1n) is 16.0. The largest absolute Gasteiger partial charge is 0.493 e. The molecule has 2 aromatic carbocycles. The summed E-state index contributed by atoms with van der Waals surface area (Å²) in [5, 5.41) is 17.3. The Hall–Kier alpha value is -5.00. The van der Waals surface area contributed by atoms with E-state index in [0.717, 1.165) is 44.4 Å². The van der Waals surface area contributed by atoms with Gasteiger partial charge in [-0.1, -0.05) is 29.8 Å². The van der Waals surface area contributed by atoms with E-state index in [9.17, 15) is 14.7 Å². The summed E-state index contributed by atoms with van der Waals surface area (Å²) in [4.78, 5) is 39.5. The van der Waals surface area contributed by atoms with Gasteiger partial charge in [0.15, 0.2) is 0 Å². The SMILES string of the molecule is CCNc1ncc(CCOc2ccnc3ccccc23)cc1C(=O)O.CCNc1ncc(CCOc2ccnc3ccccc23)cc1[C-]=O.[Y]. The van der Waals surface area contributed by atoms with Crippen LogP contribution in [0.25, 0.3) is 21.8 Å². The van der Waals surface area contributed by atoms with E-state index in [1.807, 2.05) is 80.8 Å². The average molecular weight is 747 g/mol. The van der Waals surface area contributed by atoms with Gasteiger partial charge < -0.3 is 35.0 Å². The van der Waals surface area contributed by atoms with Gasteiger partial charge in [0.05, 0.1) is 30.5 Å². The summed E-state index contributed by atoms with van der Waals surface area (Å²) in [5.41, 5.74) is 4.16. The Morgan fingerprint density at radius 2 is 1.22 bits per heavy atom. The zero-order valence-electron chi connectivity index (χ0n) is 27.9. The molecule has 50 heavy (non-hydrogen) atoms. The fourth-order valence-corrected chi connectivity index (χ4v) is 5.10. The molecule has 0 aliphatic carbocycles. The number of anilines is 2. The number of nitrogens with zero attached hydrogens (tertiary/aromatic N) is 4. The van der Waals surface area contributed by atoms with E-state index in [4.69, 9.17) is 9.47 Å². The minimum absolute atomic E-state index is 0. The van der Waals surface area contributed by atoms with E-state index in [-0.39, 0.29) is 38.3 Å². The minimum Gasteiger partial charge on any atom is -0.493 e. The second-order valence-corrected chi connectivity index (χ2v) is 10.8. The Kier molecular flexibility index (Phi) is 14.6. The number of rotatable bonds is 14. The van der Waals surface area contributed by atoms with Gasteiger partial charge >= 0.3 is 5.97 Å². The number of carboxylic acid groups (broad SMARTS) is 1. The standard InChI is InChI=1S/C19H19N3O3.C19H18N3O2.Y/c1-2-20-18-15(19(23)24)11-13(12-22-18)8-10-25-17-7-9-21-16-6-4-3-5-14(16)17;1-2-20-19-15(13-23)11-14(12-22-19)8-10-24-18-7-9-21-17-6-4-3-5-16(17)18;/h3-7,9,11-12H,2,8,10H2,1H3,(H,20,22)(H,23,24);3-7,9,11-12H,2,8,10H2,1H3,(H,20,22);/q;-1;. The summed E-state index contributed by atoms with van der Waals surface area (Å²) < 4.78 is 11.8. The molecule has 0 saturated heterocycles. The number of benzene rings is 2. The summed E-state index contributed by atoms with van der Waals surface area (Å²) in [7, 11) is 0. The van der Waals surface area contributed by atoms with E-state index in [1.165, 1.54) is 0 Å². The van der Waals surface area contributed by atoms with Gasteiger partial charge in [0.1, 0.15) is 22.9 Å². The first-order chi connectivity index (χ1) is 24.0. The van der Waals surface area contributed by atoms with E-state index < -0.39 is 5.97 Å². The summed E-state index contributed by atoms with van der Waals surface area (Å²) in [5.74, 6) is 1.53. The van der Waals surface area contributed by atoms with E-state index in [2.05, 4.69) is 30.6 Å². The topological polar surface area (TPSA) is 148 Å². The molecule has 3 N–H and O–H groups in total. The fraction of sp³-hybridized carbons (Fsp3) is 0.211. The predicted molar refractivity (Wildman–Crippen MR) is 190 cm³/mol. The van der Waals surface area contributed by atoms with Crippen molar-refractivity contribution in [1.82, 2.24) is 19.9 Å². The maximum absolute atomic E-state index is 11.4. The minimum atomic E-state index is -0.994. The van der Waals surface area contributed by atoms with Crippen LogP contribution < -0.4 is 20.1 Å². The number of pyridine rings is 4. The van der Waals surface area contributed by atoms with Crippen LogP contribution in [0.2, 0.25) is 0 Å². The Labute approximate surface area is 315 Å². The number of hydrogen-bond acceptors (Lipinski definition) is 10. The quantitative estimate of drug-likeness (QED) is 0.105. The van der Waals surface area contributed by atoms with Crippen LogP contribution in [0.4, 0.5) is 11.6 Å². The van der Waals surface area contributed by atoms with Crippen molar-refractivity contribution >= 4 is 45.7 Å². The summed E-state index contributed by atoms with van der Waals surface area (Å²) in [6, 6.07) is 22.8. The number of carbonyl (C=O) groups excluding carboxylic acids is 1. The zero-order chi connectivity index (χ0) is 34.4. The Morgan fingerprint density at radius 1 is 0.720 bits per heavy atom. The van der Waals surface area contributed by atoms with Crippen molar-refractivity contribution in [2.24, 2.45) is 0 Å². The second kappa shape index (κ2) is 19.3. The number of aromatic nitrogens is 4. The first-order valence-corrected chi connectivity index (χ1v) is 16.0. The molecule has 4 aromatic heterocycles. The van der Waals surface area contributed by atoms with E-state index in [0.29, 0.717) is 56.3 Å². The van der Waals surface area contributed by atoms with Crippen molar-refractivity contribution in [3.8, 4) is 11.5 Å². The number of para-hydroxylation sites is 2. The molecule has 0 spiro atoms.